The maximum Gasteiger partial charge on any atom is 0.317 e. The molecule has 1 heterocycles. The molecular weight excluding hydrogens is 314 g/mol. The van der Waals surface area contributed by atoms with Crippen molar-refractivity contribution >= 4 is 11.7 Å². The van der Waals surface area contributed by atoms with E-state index in [-0.39, 0.29) is 24.4 Å². The third-order valence-corrected chi connectivity index (χ3v) is 3.76. The van der Waals surface area contributed by atoms with Gasteiger partial charge in [-0.15, -0.1) is 0 Å². The second-order valence-corrected chi connectivity index (χ2v) is 6.48. The monoisotopic (exact) mass is 337 g/mol. The van der Waals surface area contributed by atoms with Crippen LogP contribution >= 0.6 is 0 Å². The van der Waals surface area contributed by atoms with Gasteiger partial charge in [0.05, 0.1) is 30.3 Å². The normalized spacial score (nSPS) is 19.7. The highest BCUT2D eigenvalue weighted by molar-refractivity contribution is 5.74. The number of amides is 2. The van der Waals surface area contributed by atoms with Gasteiger partial charge in [0.2, 0.25) is 0 Å². The Bertz CT molecular complexity index is 632. The van der Waals surface area contributed by atoms with E-state index in [0.29, 0.717) is 24.4 Å². The summed E-state index contributed by atoms with van der Waals surface area (Å²) in [4.78, 5) is 24.5. The van der Waals surface area contributed by atoms with Gasteiger partial charge in [-0.25, -0.2) is 4.79 Å². The molecule has 0 aromatic heterocycles. The van der Waals surface area contributed by atoms with Crippen molar-refractivity contribution in [3.63, 3.8) is 0 Å². The summed E-state index contributed by atoms with van der Waals surface area (Å²) in [7, 11) is 1.48. The van der Waals surface area contributed by atoms with Gasteiger partial charge in [0.15, 0.2) is 0 Å². The Labute approximate surface area is 140 Å². The maximum atomic E-state index is 12.4. The van der Waals surface area contributed by atoms with Gasteiger partial charge in [0, 0.05) is 30.8 Å². The van der Waals surface area contributed by atoms with Gasteiger partial charge in [-0.1, -0.05) is 0 Å². The molecule has 1 aromatic carbocycles. The molecule has 1 saturated heterocycles. The van der Waals surface area contributed by atoms with Crippen molar-refractivity contribution in [2.75, 3.05) is 20.2 Å². The molecule has 2 amide bonds. The highest BCUT2D eigenvalue weighted by atomic mass is 16.6. The number of nitrogens with zero attached hydrogens (tertiary/aromatic N) is 2. The third kappa shape index (κ3) is 4.35. The fourth-order valence-corrected chi connectivity index (χ4v) is 2.91. The highest BCUT2D eigenvalue weighted by Gasteiger charge is 2.33. The first-order valence-electron chi connectivity index (χ1n) is 7.74. The average molecular weight is 337 g/mol. The molecule has 1 unspecified atom stereocenters. The number of rotatable bonds is 4. The molecule has 1 aromatic rings. The largest absolute Gasteiger partial charge is 0.496 e. The summed E-state index contributed by atoms with van der Waals surface area (Å²) in [6.45, 7) is 6.93. The fraction of sp³-hybridized carbons (Fsp3) is 0.562. The number of ether oxygens (including phenoxy) is 2. The Morgan fingerprint density at radius 3 is 2.83 bits per heavy atom. The van der Waals surface area contributed by atoms with Crippen molar-refractivity contribution in [1.29, 1.82) is 0 Å². The molecule has 1 aliphatic heterocycles. The van der Waals surface area contributed by atoms with Crippen LogP contribution in [0.5, 0.6) is 5.75 Å². The van der Waals surface area contributed by atoms with E-state index in [0.717, 1.165) is 0 Å². The molecule has 8 heteroatoms. The summed E-state index contributed by atoms with van der Waals surface area (Å²) >= 11 is 0. The van der Waals surface area contributed by atoms with Crippen molar-refractivity contribution < 1.29 is 19.2 Å². The predicted octanol–water partition coefficient (Wildman–Crippen LogP) is 2.31. The first-order valence-corrected chi connectivity index (χ1v) is 7.74. The Kier molecular flexibility index (Phi) is 5.28. The van der Waals surface area contributed by atoms with E-state index in [1.165, 1.54) is 25.3 Å². The summed E-state index contributed by atoms with van der Waals surface area (Å²) in [5.74, 6) is 0.497. The van der Waals surface area contributed by atoms with Crippen LogP contribution in [0, 0.1) is 10.1 Å². The van der Waals surface area contributed by atoms with E-state index in [9.17, 15) is 14.9 Å². The number of methoxy groups -OCH3 is 1. The lowest BCUT2D eigenvalue weighted by atomic mass is 10.1. The molecule has 1 atom stereocenters. The van der Waals surface area contributed by atoms with Crippen molar-refractivity contribution in [2.24, 2.45) is 0 Å². The predicted molar refractivity (Wildman–Crippen MR) is 88.1 cm³/mol. The summed E-state index contributed by atoms with van der Waals surface area (Å²) in [6, 6.07) is 4.08. The smallest absolute Gasteiger partial charge is 0.317 e. The molecular formula is C16H23N3O5. The number of hydrogen-bond donors (Lipinski definition) is 1. The van der Waals surface area contributed by atoms with Gasteiger partial charge >= 0.3 is 6.03 Å². The van der Waals surface area contributed by atoms with E-state index in [1.54, 1.807) is 4.90 Å². The lowest BCUT2D eigenvalue weighted by molar-refractivity contribution is -0.384. The third-order valence-electron chi connectivity index (χ3n) is 3.76. The number of carbonyl (C=O) groups excluding carboxylic acids is 1. The van der Waals surface area contributed by atoms with Crippen LogP contribution in [0.4, 0.5) is 10.5 Å². The summed E-state index contributed by atoms with van der Waals surface area (Å²) in [5.41, 5.74) is 0.111. The summed E-state index contributed by atoms with van der Waals surface area (Å²) in [6.07, 6.45) is -0.0492. The van der Waals surface area contributed by atoms with Crippen LogP contribution in [0.2, 0.25) is 0 Å². The lowest BCUT2D eigenvalue weighted by Gasteiger charge is -2.41. The van der Waals surface area contributed by atoms with Crippen LogP contribution in [0.25, 0.3) is 0 Å². The van der Waals surface area contributed by atoms with Crippen LogP contribution in [-0.4, -0.2) is 47.8 Å². The molecule has 0 radical (unpaired) electrons. The van der Waals surface area contributed by atoms with E-state index in [4.69, 9.17) is 9.47 Å². The number of carbonyl (C=O) groups is 1. The highest BCUT2D eigenvalue weighted by Crippen LogP contribution is 2.24. The molecule has 1 N–H and O–H groups in total. The fourth-order valence-electron chi connectivity index (χ4n) is 2.91. The van der Waals surface area contributed by atoms with E-state index < -0.39 is 10.5 Å². The van der Waals surface area contributed by atoms with Gasteiger partial charge in [0.1, 0.15) is 5.75 Å². The number of non-ortho nitro benzene ring substituents is 1. The van der Waals surface area contributed by atoms with E-state index in [1.807, 2.05) is 20.8 Å². The Morgan fingerprint density at radius 1 is 1.54 bits per heavy atom. The molecule has 1 aliphatic rings. The molecule has 8 nitrogen and oxygen atoms in total. The molecule has 132 valence electrons. The number of nitro benzene ring substituents is 1. The van der Waals surface area contributed by atoms with Gasteiger partial charge in [-0.3, -0.25) is 10.1 Å². The van der Waals surface area contributed by atoms with Crippen molar-refractivity contribution in [3.05, 3.63) is 33.9 Å². The van der Waals surface area contributed by atoms with Crippen molar-refractivity contribution in [3.8, 4) is 5.75 Å². The minimum atomic E-state index is -0.475. The van der Waals surface area contributed by atoms with Crippen LogP contribution in [0.15, 0.2) is 18.2 Å². The van der Waals surface area contributed by atoms with Gasteiger partial charge < -0.3 is 19.7 Å². The molecule has 0 aliphatic carbocycles. The van der Waals surface area contributed by atoms with Crippen LogP contribution in [0.3, 0.4) is 0 Å². The van der Waals surface area contributed by atoms with Crippen LogP contribution in [0.1, 0.15) is 26.3 Å². The molecule has 2 rings (SSSR count). The SMILES string of the molecule is COc1ccc([N+](=O)[O-])cc1CNC(=O)N1CC(C)OC(C)(C)C1. The number of morpholine rings is 1. The maximum absolute atomic E-state index is 12.4. The Hall–Kier alpha value is -2.35. The minimum absolute atomic E-state index is 0.0406. The molecule has 0 spiro atoms. The lowest BCUT2D eigenvalue weighted by Crippen LogP contribution is -2.56. The standard InChI is InChI=1S/C16H23N3O5/c1-11-9-18(10-16(2,3)24-11)15(20)17-8-12-7-13(19(21)22)5-6-14(12)23-4/h5-7,11H,8-10H2,1-4H3,(H,17,20). The van der Waals surface area contributed by atoms with E-state index >= 15 is 0 Å². The molecule has 0 bridgehead atoms. The number of urea groups is 1. The second kappa shape index (κ2) is 7.04. The zero-order valence-corrected chi connectivity index (χ0v) is 14.4. The second-order valence-electron chi connectivity index (χ2n) is 6.48. The number of benzene rings is 1. The van der Waals surface area contributed by atoms with Gasteiger partial charge in [-0.05, 0) is 26.8 Å². The first-order chi connectivity index (χ1) is 11.2. The van der Waals surface area contributed by atoms with Gasteiger partial charge in [0.25, 0.3) is 5.69 Å². The van der Waals surface area contributed by atoms with Crippen LogP contribution in [-0.2, 0) is 11.3 Å². The van der Waals surface area contributed by atoms with Crippen LogP contribution < -0.4 is 10.1 Å². The van der Waals surface area contributed by atoms with E-state index in [2.05, 4.69) is 5.32 Å². The number of hydrogen-bond acceptors (Lipinski definition) is 5. The Morgan fingerprint density at radius 2 is 2.25 bits per heavy atom. The number of nitro groups is 1. The molecule has 0 saturated carbocycles. The van der Waals surface area contributed by atoms with Crippen molar-refractivity contribution in [1.82, 2.24) is 10.2 Å². The Balaban J connectivity index is 2.06. The topological polar surface area (TPSA) is 93.9 Å². The minimum Gasteiger partial charge on any atom is -0.496 e. The average Bonchev–Trinajstić information content (AvgIpc) is 2.50. The summed E-state index contributed by atoms with van der Waals surface area (Å²) in [5, 5.41) is 13.7. The quantitative estimate of drug-likeness (QED) is 0.672. The van der Waals surface area contributed by atoms with Gasteiger partial charge in [-0.2, -0.15) is 0 Å². The molecule has 24 heavy (non-hydrogen) atoms. The summed E-state index contributed by atoms with van der Waals surface area (Å²) < 4.78 is 11.0. The zero-order valence-electron chi connectivity index (χ0n) is 14.4. The molecule has 1 fully saturated rings. The van der Waals surface area contributed by atoms with Crippen molar-refractivity contribution in [2.45, 2.75) is 39.0 Å². The first kappa shape index (κ1) is 18.0. The zero-order chi connectivity index (χ0) is 17.9. The number of nitrogens with one attached hydrogen (secondary N) is 1.